The third-order valence-electron chi connectivity index (χ3n) is 3.71. The van der Waals surface area contributed by atoms with Crippen molar-refractivity contribution < 1.29 is 23.8 Å². The van der Waals surface area contributed by atoms with Gasteiger partial charge in [-0.1, -0.05) is 6.07 Å². The fraction of sp³-hybridized carbons (Fsp3) is 0.286. The Morgan fingerprint density at radius 1 is 0.862 bits per heavy atom. The summed E-state index contributed by atoms with van der Waals surface area (Å²) < 4.78 is 16.8. The summed E-state index contributed by atoms with van der Waals surface area (Å²) in [5.41, 5.74) is 5.51. The van der Waals surface area contributed by atoms with Crippen molar-refractivity contribution in [2.45, 2.75) is 20.8 Å². The third-order valence-corrected chi connectivity index (χ3v) is 3.71. The molecule has 0 aliphatic carbocycles. The van der Waals surface area contributed by atoms with Gasteiger partial charge in [0.25, 0.3) is 11.8 Å². The van der Waals surface area contributed by atoms with Crippen LogP contribution in [-0.4, -0.2) is 31.6 Å². The molecule has 2 aromatic rings. The Morgan fingerprint density at radius 2 is 1.41 bits per heavy atom. The summed E-state index contributed by atoms with van der Waals surface area (Å²) in [5.74, 6) is 0.0679. The fourth-order valence-corrected chi connectivity index (χ4v) is 2.51. The van der Waals surface area contributed by atoms with Crippen LogP contribution >= 0.6 is 0 Å². The quantitative estimate of drug-likeness (QED) is 0.663. The van der Waals surface area contributed by atoms with E-state index in [2.05, 4.69) is 10.9 Å². The van der Waals surface area contributed by atoms with Gasteiger partial charge in [-0.2, -0.15) is 5.26 Å². The molecule has 152 valence electrons. The zero-order chi connectivity index (χ0) is 21.2. The minimum atomic E-state index is -0.556. The van der Waals surface area contributed by atoms with Crippen molar-refractivity contribution in [3.8, 4) is 23.3 Å². The number of hydrogen-bond acceptors (Lipinski definition) is 6. The number of carbonyl (C=O) groups excluding carboxylic acids is 2. The second kappa shape index (κ2) is 10.6. The van der Waals surface area contributed by atoms with Crippen LogP contribution < -0.4 is 25.1 Å². The third kappa shape index (κ3) is 5.62. The van der Waals surface area contributed by atoms with Gasteiger partial charge in [0.05, 0.1) is 31.5 Å². The molecule has 2 amide bonds. The molecular weight excluding hydrogens is 374 g/mol. The monoisotopic (exact) mass is 397 g/mol. The van der Waals surface area contributed by atoms with Crippen LogP contribution in [0.25, 0.3) is 0 Å². The molecule has 0 heterocycles. The Hall–Kier alpha value is -3.73. The predicted octanol–water partition coefficient (Wildman–Crippen LogP) is 2.83. The largest absolute Gasteiger partial charge is 0.490 e. The van der Waals surface area contributed by atoms with E-state index in [1.54, 1.807) is 18.2 Å². The van der Waals surface area contributed by atoms with Crippen molar-refractivity contribution in [2.75, 3.05) is 19.8 Å². The number of hydrogen-bond donors (Lipinski definition) is 2. The standard InChI is InChI=1S/C21H23N3O5/c1-4-27-17-11-16(12-18(28-5-2)19(17)29-6-3)21(26)24-23-20(25)15-9-7-8-14(10-15)13-22/h7-12H,4-6H2,1-3H3,(H,23,25)(H,24,26). The van der Waals surface area contributed by atoms with Crippen LogP contribution in [0.3, 0.4) is 0 Å². The molecule has 0 aliphatic heterocycles. The maximum atomic E-state index is 12.6. The lowest BCUT2D eigenvalue weighted by Gasteiger charge is -2.17. The van der Waals surface area contributed by atoms with E-state index in [-0.39, 0.29) is 11.1 Å². The molecule has 0 unspecified atom stereocenters. The number of amides is 2. The molecule has 0 aliphatic rings. The zero-order valence-corrected chi connectivity index (χ0v) is 16.6. The molecule has 2 rings (SSSR count). The molecule has 0 fully saturated rings. The van der Waals surface area contributed by atoms with Crippen LogP contribution in [0.2, 0.25) is 0 Å². The second-order valence-electron chi connectivity index (χ2n) is 5.70. The fourth-order valence-electron chi connectivity index (χ4n) is 2.51. The topological polar surface area (TPSA) is 110 Å². The summed E-state index contributed by atoms with van der Waals surface area (Å²) in [6.07, 6.45) is 0. The highest BCUT2D eigenvalue weighted by molar-refractivity contribution is 5.99. The van der Waals surface area contributed by atoms with Crippen molar-refractivity contribution >= 4 is 11.8 Å². The highest BCUT2D eigenvalue weighted by atomic mass is 16.5. The number of nitrogens with zero attached hydrogens (tertiary/aromatic N) is 1. The first-order valence-electron chi connectivity index (χ1n) is 9.21. The Kier molecular flexibility index (Phi) is 7.86. The number of ether oxygens (including phenoxy) is 3. The average molecular weight is 397 g/mol. The summed E-state index contributed by atoms with van der Waals surface area (Å²) in [7, 11) is 0. The highest BCUT2D eigenvalue weighted by Crippen LogP contribution is 2.39. The first-order chi connectivity index (χ1) is 14.0. The lowest BCUT2D eigenvalue weighted by molar-refractivity contribution is 0.0846. The average Bonchev–Trinajstić information content (AvgIpc) is 2.74. The Labute approximate surface area is 169 Å². The van der Waals surface area contributed by atoms with Crippen LogP contribution in [0.4, 0.5) is 0 Å². The van der Waals surface area contributed by atoms with E-state index < -0.39 is 11.8 Å². The predicted molar refractivity (Wildman–Crippen MR) is 106 cm³/mol. The maximum absolute atomic E-state index is 12.6. The SMILES string of the molecule is CCOc1cc(C(=O)NNC(=O)c2cccc(C#N)c2)cc(OCC)c1OCC. The van der Waals surface area contributed by atoms with Crippen LogP contribution in [-0.2, 0) is 0 Å². The van der Waals surface area contributed by atoms with Crippen LogP contribution in [0.1, 0.15) is 47.1 Å². The molecule has 0 saturated heterocycles. The smallest absolute Gasteiger partial charge is 0.269 e. The number of hydrazine groups is 1. The van der Waals surface area contributed by atoms with E-state index in [9.17, 15) is 9.59 Å². The number of nitriles is 1. The van der Waals surface area contributed by atoms with Gasteiger partial charge in [0.1, 0.15) is 0 Å². The minimum absolute atomic E-state index is 0.228. The number of nitrogens with one attached hydrogen (secondary N) is 2. The second-order valence-corrected chi connectivity index (χ2v) is 5.70. The van der Waals surface area contributed by atoms with Gasteiger partial charge in [0.2, 0.25) is 5.75 Å². The Morgan fingerprint density at radius 3 is 1.93 bits per heavy atom. The summed E-state index contributed by atoms with van der Waals surface area (Å²) in [6, 6.07) is 11.1. The van der Waals surface area contributed by atoms with Crippen LogP contribution in [0.15, 0.2) is 36.4 Å². The maximum Gasteiger partial charge on any atom is 0.269 e. The van der Waals surface area contributed by atoms with E-state index >= 15 is 0 Å². The Bertz CT molecular complexity index is 894. The highest BCUT2D eigenvalue weighted by Gasteiger charge is 2.19. The first-order valence-corrected chi connectivity index (χ1v) is 9.21. The lowest BCUT2D eigenvalue weighted by Crippen LogP contribution is -2.41. The van der Waals surface area contributed by atoms with Crippen LogP contribution in [0, 0.1) is 11.3 Å². The molecule has 8 heteroatoms. The molecule has 8 nitrogen and oxygen atoms in total. The molecule has 0 radical (unpaired) electrons. The summed E-state index contributed by atoms with van der Waals surface area (Å²) in [6.45, 7) is 6.63. The summed E-state index contributed by atoms with van der Waals surface area (Å²) in [4.78, 5) is 24.8. The van der Waals surface area contributed by atoms with Crippen molar-refractivity contribution in [1.82, 2.24) is 10.9 Å². The normalized spacial score (nSPS) is 9.86. The van der Waals surface area contributed by atoms with Gasteiger partial charge < -0.3 is 14.2 Å². The lowest BCUT2D eigenvalue weighted by atomic mass is 10.1. The number of carbonyl (C=O) groups is 2. The van der Waals surface area contributed by atoms with Gasteiger partial charge in [0.15, 0.2) is 11.5 Å². The van der Waals surface area contributed by atoms with Crippen molar-refractivity contribution in [3.05, 3.63) is 53.1 Å². The van der Waals surface area contributed by atoms with Gasteiger partial charge >= 0.3 is 0 Å². The van der Waals surface area contributed by atoms with E-state index in [0.717, 1.165) is 0 Å². The molecule has 2 aromatic carbocycles. The van der Waals surface area contributed by atoms with Gasteiger partial charge in [-0.15, -0.1) is 0 Å². The number of rotatable bonds is 8. The molecule has 0 aromatic heterocycles. The molecular formula is C21H23N3O5. The summed E-state index contributed by atoms with van der Waals surface area (Å²) >= 11 is 0. The molecule has 0 bridgehead atoms. The van der Waals surface area contributed by atoms with Gasteiger partial charge in [0, 0.05) is 11.1 Å². The first kappa shape index (κ1) is 21.6. The van der Waals surface area contributed by atoms with E-state index in [4.69, 9.17) is 19.5 Å². The van der Waals surface area contributed by atoms with Gasteiger partial charge in [-0.3, -0.25) is 20.4 Å². The van der Waals surface area contributed by atoms with E-state index in [1.807, 2.05) is 26.8 Å². The van der Waals surface area contributed by atoms with Crippen LogP contribution in [0.5, 0.6) is 17.2 Å². The van der Waals surface area contributed by atoms with Crippen molar-refractivity contribution in [1.29, 1.82) is 5.26 Å². The van der Waals surface area contributed by atoms with Gasteiger partial charge in [-0.25, -0.2) is 0 Å². The molecule has 2 N–H and O–H groups in total. The number of benzene rings is 2. The zero-order valence-electron chi connectivity index (χ0n) is 16.6. The molecule has 0 saturated carbocycles. The van der Waals surface area contributed by atoms with Crippen molar-refractivity contribution in [3.63, 3.8) is 0 Å². The molecule has 0 atom stereocenters. The van der Waals surface area contributed by atoms with Gasteiger partial charge in [-0.05, 0) is 51.1 Å². The molecule has 29 heavy (non-hydrogen) atoms. The van der Waals surface area contributed by atoms with E-state index in [0.29, 0.717) is 42.6 Å². The van der Waals surface area contributed by atoms with Crippen molar-refractivity contribution in [2.24, 2.45) is 0 Å². The Balaban J connectivity index is 2.20. The minimum Gasteiger partial charge on any atom is -0.490 e. The summed E-state index contributed by atoms with van der Waals surface area (Å²) in [5, 5.41) is 8.93. The molecule has 0 spiro atoms. The van der Waals surface area contributed by atoms with E-state index in [1.165, 1.54) is 18.2 Å².